The fourth-order valence-electron chi connectivity index (χ4n) is 3.69. The lowest BCUT2D eigenvalue weighted by atomic mass is 10.0. The first-order valence-corrected chi connectivity index (χ1v) is 9.36. The van der Waals surface area contributed by atoms with Crippen LogP contribution in [0.1, 0.15) is 24.0 Å². The average Bonchev–Trinajstić information content (AvgIpc) is 2.98. The number of benzene rings is 1. The van der Waals surface area contributed by atoms with E-state index in [9.17, 15) is 27.6 Å². The first kappa shape index (κ1) is 21.1. The van der Waals surface area contributed by atoms with E-state index >= 15 is 0 Å². The van der Waals surface area contributed by atoms with Crippen LogP contribution in [0.5, 0.6) is 0 Å². The fourth-order valence-corrected chi connectivity index (χ4v) is 3.69. The SMILES string of the molecule is CN(Cc1cccc(C(F)(F)F)c1)C1CCN(C(=O)CN2CC(=O)NC2=O)CC1. The van der Waals surface area contributed by atoms with Crippen LogP contribution in [0.4, 0.5) is 18.0 Å². The summed E-state index contributed by atoms with van der Waals surface area (Å²) < 4.78 is 38.6. The Bertz CT molecular complexity index is 791. The molecule has 0 aliphatic carbocycles. The molecule has 1 N–H and O–H groups in total. The number of rotatable bonds is 5. The molecule has 0 bridgehead atoms. The summed E-state index contributed by atoms with van der Waals surface area (Å²) in [5, 5.41) is 2.13. The highest BCUT2D eigenvalue weighted by atomic mass is 19.4. The number of nitrogens with one attached hydrogen (secondary N) is 1. The summed E-state index contributed by atoms with van der Waals surface area (Å²) in [4.78, 5) is 40.0. The number of piperidine rings is 1. The smallest absolute Gasteiger partial charge is 0.341 e. The number of urea groups is 1. The summed E-state index contributed by atoms with van der Waals surface area (Å²) in [5.74, 6) is -0.633. The standard InChI is InChI=1S/C19H23F3N4O3/c1-24(10-13-3-2-4-14(9-13)19(20,21)22)15-5-7-25(8-6-15)17(28)12-26-11-16(27)23-18(26)29/h2-4,9,15H,5-8,10-12H2,1H3,(H,23,27,29). The number of halogens is 3. The van der Waals surface area contributed by atoms with Gasteiger partial charge in [0.15, 0.2) is 0 Å². The van der Waals surface area contributed by atoms with Gasteiger partial charge in [0.2, 0.25) is 11.8 Å². The third-order valence-electron chi connectivity index (χ3n) is 5.32. The van der Waals surface area contributed by atoms with Gasteiger partial charge in [-0.15, -0.1) is 0 Å². The predicted octanol–water partition coefficient (Wildman–Crippen LogP) is 1.68. The number of carbonyl (C=O) groups is 3. The van der Waals surface area contributed by atoms with Gasteiger partial charge in [0.25, 0.3) is 0 Å². The molecule has 10 heteroatoms. The van der Waals surface area contributed by atoms with Crippen LogP contribution in [0.15, 0.2) is 24.3 Å². The van der Waals surface area contributed by atoms with Gasteiger partial charge in [-0.2, -0.15) is 13.2 Å². The van der Waals surface area contributed by atoms with Crippen molar-refractivity contribution in [2.45, 2.75) is 31.6 Å². The summed E-state index contributed by atoms with van der Waals surface area (Å²) in [6.45, 7) is 1.14. The highest BCUT2D eigenvalue weighted by Crippen LogP contribution is 2.30. The van der Waals surface area contributed by atoms with Gasteiger partial charge in [-0.3, -0.25) is 19.8 Å². The quantitative estimate of drug-likeness (QED) is 0.747. The summed E-state index contributed by atoms with van der Waals surface area (Å²) in [6, 6.07) is 4.89. The van der Waals surface area contributed by atoms with Crippen molar-refractivity contribution in [1.82, 2.24) is 20.0 Å². The number of carbonyl (C=O) groups excluding carboxylic acids is 3. The zero-order valence-corrected chi connectivity index (χ0v) is 16.0. The molecule has 0 spiro atoms. The van der Waals surface area contributed by atoms with Gasteiger partial charge in [0.1, 0.15) is 13.1 Å². The van der Waals surface area contributed by atoms with Crippen LogP contribution in [0.3, 0.4) is 0 Å². The second-order valence-corrected chi connectivity index (χ2v) is 7.43. The Morgan fingerprint density at radius 1 is 1.24 bits per heavy atom. The van der Waals surface area contributed by atoms with Gasteiger partial charge in [0, 0.05) is 25.7 Å². The van der Waals surface area contributed by atoms with E-state index < -0.39 is 23.7 Å². The molecule has 0 saturated carbocycles. The van der Waals surface area contributed by atoms with Crippen LogP contribution in [0.25, 0.3) is 0 Å². The van der Waals surface area contributed by atoms with Gasteiger partial charge in [-0.1, -0.05) is 18.2 Å². The predicted molar refractivity (Wildman–Crippen MR) is 97.6 cm³/mol. The highest BCUT2D eigenvalue weighted by molar-refractivity contribution is 6.03. The molecule has 0 unspecified atom stereocenters. The van der Waals surface area contributed by atoms with Crippen molar-refractivity contribution in [1.29, 1.82) is 0 Å². The number of alkyl halides is 3. The van der Waals surface area contributed by atoms with Crippen molar-refractivity contribution in [3.63, 3.8) is 0 Å². The van der Waals surface area contributed by atoms with E-state index in [1.165, 1.54) is 11.0 Å². The molecule has 0 aromatic heterocycles. The molecular formula is C19H23F3N4O3. The van der Waals surface area contributed by atoms with Crippen molar-refractivity contribution >= 4 is 17.8 Å². The number of hydrogen-bond acceptors (Lipinski definition) is 4. The molecule has 0 atom stereocenters. The van der Waals surface area contributed by atoms with Gasteiger partial charge < -0.3 is 9.80 Å². The number of nitrogens with zero attached hydrogens (tertiary/aromatic N) is 3. The topological polar surface area (TPSA) is 73.0 Å². The largest absolute Gasteiger partial charge is 0.416 e. The van der Waals surface area contributed by atoms with Crippen LogP contribution in [-0.4, -0.2) is 71.8 Å². The molecular weight excluding hydrogens is 389 g/mol. The van der Waals surface area contributed by atoms with Gasteiger partial charge in [-0.25, -0.2) is 4.79 Å². The van der Waals surface area contributed by atoms with Crippen molar-refractivity contribution in [2.75, 3.05) is 33.2 Å². The van der Waals surface area contributed by atoms with E-state index in [4.69, 9.17) is 0 Å². The molecule has 158 valence electrons. The second-order valence-electron chi connectivity index (χ2n) is 7.43. The normalized spacial score (nSPS) is 18.5. The van der Waals surface area contributed by atoms with Crippen LogP contribution >= 0.6 is 0 Å². The number of amides is 4. The van der Waals surface area contributed by atoms with E-state index in [1.54, 1.807) is 11.0 Å². The number of likely N-dealkylation sites (tertiary alicyclic amines) is 1. The van der Waals surface area contributed by atoms with E-state index in [2.05, 4.69) is 5.32 Å². The molecule has 2 aliphatic rings. The lowest BCUT2D eigenvalue weighted by Crippen LogP contribution is -2.48. The molecule has 3 rings (SSSR count). The Morgan fingerprint density at radius 2 is 1.93 bits per heavy atom. The van der Waals surface area contributed by atoms with Crippen molar-refractivity contribution in [2.24, 2.45) is 0 Å². The summed E-state index contributed by atoms with van der Waals surface area (Å²) in [5.41, 5.74) is -0.0706. The monoisotopic (exact) mass is 412 g/mol. The Labute approximate surface area is 166 Å². The minimum absolute atomic E-state index is 0.110. The molecule has 1 aromatic rings. The lowest BCUT2D eigenvalue weighted by Gasteiger charge is -2.37. The zero-order valence-electron chi connectivity index (χ0n) is 16.0. The Kier molecular flexibility index (Phi) is 6.11. The average molecular weight is 412 g/mol. The fraction of sp³-hybridized carbons (Fsp3) is 0.526. The van der Waals surface area contributed by atoms with E-state index in [1.807, 2.05) is 11.9 Å². The van der Waals surface area contributed by atoms with Crippen molar-refractivity contribution < 1.29 is 27.6 Å². The molecule has 2 saturated heterocycles. The number of hydrogen-bond donors (Lipinski definition) is 1. The maximum absolute atomic E-state index is 12.9. The molecule has 2 heterocycles. The Morgan fingerprint density at radius 3 is 2.52 bits per heavy atom. The summed E-state index contributed by atoms with van der Waals surface area (Å²) in [7, 11) is 1.86. The first-order valence-electron chi connectivity index (χ1n) is 9.36. The summed E-state index contributed by atoms with van der Waals surface area (Å²) >= 11 is 0. The molecule has 2 fully saturated rings. The highest BCUT2D eigenvalue weighted by Gasteiger charge is 2.32. The molecule has 7 nitrogen and oxygen atoms in total. The minimum Gasteiger partial charge on any atom is -0.341 e. The van der Waals surface area contributed by atoms with Gasteiger partial charge in [0.05, 0.1) is 5.56 Å². The second kappa shape index (κ2) is 8.40. The molecule has 29 heavy (non-hydrogen) atoms. The lowest BCUT2D eigenvalue weighted by molar-refractivity contribution is -0.137. The van der Waals surface area contributed by atoms with Gasteiger partial charge >= 0.3 is 12.2 Å². The van der Waals surface area contributed by atoms with Crippen LogP contribution in [0.2, 0.25) is 0 Å². The third-order valence-corrected chi connectivity index (χ3v) is 5.32. The number of imide groups is 1. The van der Waals surface area contributed by atoms with E-state index in [0.29, 0.717) is 38.0 Å². The molecule has 1 aromatic carbocycles. The van der Waals surface area contributed by atoms with Gasteiger partial charge in [-0.05, 0) is 31.5 Å². The molecule has 2 aliphatic heterocycles. The summed E-state index contributed by atoms with van der Waals surface area (Å²) in [6.07, 6.45) is -2.99. The third kappa shape index (κ3) is 5.26. The maximum Gasteiger partial charge on any atom is 0.416 e. The Balaban J connectivity index is 1.49. The minimum atomic E-state index is -4.36. The zero-order chi connectivity index (χ0) is 21.2. The molecule has 0 radical (unpaired) electrons. The van der Waals surface area contributed by atoms with Crippen molar-refractivity contribution in [3.8, 4) is 0 Å². The maximum atomic E-state index is 12.9. The molecule has 4 amide bonds. The van der Waals surface area contributed by atoms with Crippen LogP contribution in [-0.2, 0) is 22.3 Å². The van der Waals surface area contributed by atoms with E-state index in [-0.39, 0.29) is 25.0 Å². The van der Waals surface area contributed by atoms with Crippen molar-refractivity contribution in [3.05, 3.63) is 35.4 Å². The van der Waals surface area contributed by atoms with Crippen LogP contribution in [0, 0.1) is 0 Å². The van der Waals surface area contributed by atoms with Crippen LogP contribution < -0.4 is 5.32 Å². The Hall–Kier alpha value is -2.62. The van der Waals surface area contributed by atoms with E-state index in [0.717, 1.165) is 12.1 Å². The first-order chi connectivity index (χ1) is 13.6.